The molecule has 1 fully saturated rings. The number of halogens is 1. The van der Waals surface area contributed by atoms with E-state index in [1.807, 2.05) is 19.9 Å². The van der Waals surface area contributed by atoms with Crippen molar-refractivity contribution >= 4 is 23.5 Å². The van der Waals surface area contributed by atoms with Crippen LogP contribution in [0, 0.1) is 18.8 Å². The third-order valence-electron chi connectivity index (χ3n) is 3.57. The van der Waals surface area contributed by atoms with Gasteiger partial charge in [0.15, 0.2) is 0 Å². The van der Waals surface area contributed by atoms with E-state index in [1.165, 1.54) is 0 Å². The lowest BCUT2D eigenvalue weighted by Crippen LogP contribution is -2.30. The van der Waals surface area contributed by atoms with Crippen molar-refractivity contribution < 1.29 is 14.7 Å². The summed E-state index contributed by atoms with van der Waals surface area (Å²) in [6.45, 7) is 4.46. The van der Waals surface area contributed by atoms with Gasteiger partial charge in [0, 0.05) is 13.1 Å². The standard InChI is InChI=1S/C14H16ClNO3/c1-8-3-4-10(12(15)5-8)13(17)16-6-9(2)11(7-16)14(18)19/h3-5,9,11H,6-7H2,1-2H3,(H,18,19)/t9-,11-/m1/s1. The van der Waals surface area contributed by atoms with Crippen LogP contribution in [0.3, 0.4) is 0 Å². The van der Waals surface area contributed by atoms with E-state index in [2.05, 4.69) is 0 Å². The lowest BCUT2D eigenvalue weighted by molar-refractivity contribution is -0.142. The molecule has 2 atom stereocenters. The van der Waals surface area contributed by atoms with Crippen LogP contribution in [0.25, 0.3) is 0 Å². The third-order valence-corrected chi connectivity index (χ3v) is 3.88. The molecule has 0 saturated carbocycles. The zero-order valence-corrected chi connectivity index (χ0v) is 11.6. The van der Waals surface area contributed by atoms with Gasteiger partial charge in [0.1, 0.15) is 0 Å². The molecule has 1 heterocycles. The molecule has 0 aliphatic carbocycles. The minimum atomic E-state index is -0.849. The second-order valence-electron chi connectivity index (χ2n) is 5.12. The molecule has 0 unspecified atom stereocenters. The molecule has 19 heavy (non-hydrogen) atoms. The first kappa shape index (κ1) is 13.9. The van der Waals surface area contributed by atoms with Gasteiger partial charge in [-0.05, 0) is 30.5 Å². The number of hydrogen-bond donors (Lipinski definition) is 1. The van der Waals surface area contributed by atoms with Gasteiger partial charge in [-0.15, -0.1) is 0 Å². The molecule has 1 amide bonds. The van der Waals surface area contributed by atoms with Crippen LogP contribution in [-0.2, 0) is 4.79 Å². The van der Waals surface area contributed by atoms with E-state index < -0.39 is 11.9 Å². The Labute approximate surface area is 117 Å². The van der Waals surface area contributed by atoms with Crippen molar-refractivity contribution in [3.63, 3.8) is 0 Å². The smallest absolute Gasteiger partial charge is 0.308 e. The molecule has 4 nitrogen and oxygen atoms in total. The number of rotatable bonds is 2. The monoisotopic (exact) mass is 281 g/mol. The van der Waals surface area contributed by atoms with Crippen molar-refractivity contribution in [3.8, 4) is 0 Å². The van der Waals surface area contributed by atoms with Crippen LogP contribution in [-0.4, -0.2) is 35.0 Å². The second-order valence-corrected chi connectivity index (χ2v) is 5.52. The minimum absolute atomic E-state index is 0.0364. The van der Waals surface area contributed by atoms with Crippen molar-refractivity contribution in [1.82, 2.24) is 4.90 Å². The molecule has 5 heteroatoms. The highest BCUT2D eigenvalue weighted by molar-refractivity contribution is 6.33. The molecule has 1 N–H and O–H groups in total. The number of carboxylic acids is 1. The molecule has 0 spiro atoms. The van der Waals surface area contributed by atoms with Crippen molar-refractivity contribution in [2.75, 3.05) is 13.1 Å². The normalized spacial score (nSPS) is 22.6. The summed E-state index contributed by atoms with van der Waals surface area (Å²) in [6, 6.07) is 5.26. The average Bonchev–Trinajstić information content (AvgIpc) is 2.70. The van der Waals surface area contributed by atoms with Crippen molar-refractivity contribution in [3.05, 3.63) is 34.3 Å². The second kappa shape index (κ2) is 5.21. The topological polar surface area (TPSA) is 57.6 Å². The Hall–Kier alpha value is -1.55. The van der Waals surface area contributed by atoms with Gasteiger partial charge in [0.05, 0.1) is 16.5 Å². The van der Waals surface area contributed by atoms with Gasteiger partial charge in [-0.2, -0.15) is 0 Å². The maximum atomic E-state index is 12.3. The van der Waals surface area contributed by atoms with Crippen LogP contribution in [0.4, 0.5) is 0 Å². The fraction of sp³-hybridized carbons (Fsp3) is 0.429. The number of aliphatic carboxylic acids is 1. The van der Waals surface area contributed by atoms with E-state index in [9.17, 15) is 9.59 Å². The highest BCUT2D eigenvalue weighted by Crippen LogP contribution is 2.27. The molecule has 0 aromatic heterocycles. The van der Waals surface area contributed by atoms with Gasteiger partial charge in [0.25, 0.3) is 5.91 Å². The Bertz CT molecular complexity index is 529. The number of carbonyl (C=O) groups is 2. The maximum absolute atomic E-state index is 12.3. The fourth-order valence-corrected chi connectivity index (χ4v) is 2.73. The predicted octanol–water partition coefficient (Wildman–Crippen LogP) is 2.44. The Kier molecular flexibility index (Phi) is 3.80. The third kappa shape index (κ3) is 2.73. The molecule has 102 valence electrons. The molecule has 1 aliphatic rings. The van der Waals surface area contributed by atoms with Crippen LogP contribution < -0.4 is 0 Å². The summed E-state index contributed by atoms with van der Waals surface area (Å²) in [5.41, 5.74) is 1.42. The zero-order chi connectivity index (χ0) is 14.2. The summed E-state index contributed by atoms with van der Waals surface area (Å²) in [5.74, 6) is -1.57. The molecule has 0 radical (unpaired) electrons. The van der Waals surface area contributed by atoms with Gasteiger partial charge in [-0.3, -0.25) is 9.59 Å². The number of carbonyl (C=O) groups excluding carboxylic acids is 1. The molecular formula is C14H16ClNO3. The van der Waals surface area contributed by atoms with Crippen molar-refractivity contribution in [2.45, 2.75) is 13.8 Å². The predicted molar refractivity (Wildman–Crippen MR) is 72.4 cm³/mol. The lowest BCUT2D eigenvalue weighted by atomic mass is 9.99. The van der Waals surface area contributed by atoms with Gasteiger partial charge in [-0.1, -0.05) is 24.6 Å². The molecule has 0 bridgehead atoms. The quantitative estimate of drug-likeness (QED) is 0.906. The molecule has 1 saturated heterocycles. The van der Waals surface area contributed by atoms with Crippen LogP contribution in [0.2, 0.25) is 5.02 Å². The lowest BCUT2D eigenvalue weighted by Gasteiger charge is -2.17. The van der Waals surface area contributed by atoms with Gasteiger partial charge >= 0.3 is 5.97 Å². The first-order chi connectivity index (χ1) is 8.90. The molecule has 1 aromatic rings. The van der Waals surface area contributed by atoms with Gasteiger partial charge < -0.3 is 10.0 Å². The highest BCUT2D eigenvalue weighted by Gasteiger charge is 2.37. The number of carboxylic acid groups (broad SMARTS) is 1. The van der Waals surface area contributed by atoms with E-state index in [0.29, 0.717) is 17.1 Å². The number of likely N-dealkylation sites (tertiary alicyclic amines) is 1. The van der Waals surface area contributed by atoms with E-state index in [-0.39, 0.29) is 18.4 Å². The molecular weight excluding hydrogens is 266 g/mol. The Morgan fingerprint density at radius 2 is 2.05 bits per heavy atom. The number of aryl methyl sites for hydroxylation is 1. The highest BCUT2D eigenvalue weighted by atomic mass is 35.5. The van der Waals surface area contributed by atoms with Crippen LogP contribution in [0.5, 0.6) is 0 Å². The van der Waals surface area contributed by atoms with Gasteiger partial charge in [0.2, 0.25) is 0 Å². The summed E-state index contributed by atoms with van der Waals surface area (Å²) in [6.07, 6.45) is 0. The summed E-state index contributed by atoms with van der Waals surface area (Å²) < 4.78 is 0. The zero-order valence-electron chi connectivity index (χ0n) is 10.9. The molecule has 1 aromatic carbocycles. The summed E-state index contributed by atoms with van der Waals surface area (Å²) in [7, 11) is 0. The van der Waals surface area contributed by atoms with E-state index in [1.54, 1.807) is 17.0 Å². The fourth-order valence-electron chi connectivity index (χ4n) is 2.42. The van der Waals surface area contributed by atoms with Gasteiger partial charge in [-0.25, -0.2) is 0 Å². The Balaban J connectivity index is 2.19. The average molecular weight is 282 g/mol. The van der Waals surface area contributed by atoms with Crippen LogP contribution in [0.1, 0.15) is 22.8 Å². The number of benzene rings is 1. The van der Waals surface area contributed by atoms with Crippen LogP contribution >= 0.6 is 11.6 Å². The molecule has 1 aliphatic heterocycles. The number of amides is 1. The summed E-state index contributed by atoms with van der Waals surface area (Å²) >= 11 is 6.07. The summed E-state index contributed by atoms with van der Waals surface area (Å²) in [5, 5.41) is 9.49. The molecule has 2 rings (SSSR count). The first-order valence-corrected chi connectivity index (χ1v) is 6.56. The largest absolute Gasteiger partial charge is 0.481 e. The van der Waals surface area contributed by atoms with E-state index in [4.69, 9.17) is 16.7 Å². The first-order valence-electron chi connectivity index (χ1n) is 6.18. The SMILES string of the molecule is Cc1ccc(C(=O)N2C[C@@H](C)[C@H](C(=O)O)C2)c(Cl)c1. The number of hydrogen-bond acceptors (Lipinski definition) is 2. The maximum Gasteiger partial charge on any atom is 0.308 e. The van der Waals surface area contributed by atoms with Crippen LogP contribution in [0.15, 0.2) is 18.2 Å². The Morgan fingerprint density at radius 1 is 1.37 bits per heavy atom. The minimum Gasteiger partial charge on any atom is -0.481 e. The Morgan fingerprint density at radius 3 is 2.58 bits per heavy atom. The van der Waals surface area contributed by atoms with Crippen molar-refractivity contribution in [1.29, 1.82) is 0 Å². The van der Waals surface area contributed by atoms with E-state index >= 15 is 0 Å². The van der Waals surface area contributed by atoms with E-state index in [0.717, 1.165) is 5.56 Å². The summed E-state index contributed by atoms with van der Waals surface area (Å²) in [4.78, 5) is 25.0. The number of nitrogens with zero attached hydrogens (tertiary/aromatic N) is 1. The van der Waals surface area contributed by atoms with Crippen molar-refractivity contribution in [2.24, 2.45) is 11.8 Å².